The third-order valence-corrected chi connectivity index (χ3v) is 11.0. The van der Waals surface area contributed by atoms with Crippen molar-refractivity contribution in [3.63, 3.8) is 0 Å². The fraction of sp³-hybridized carbons (Fsp3) is 0.962. The summed E-state index contributed by atoms with van der Waals surface area (Å²) in [7, 11) is 0. The zero-order chi connectivity index (χ0) is 22.6. The van der Waals surface area contributed by atoms with Gasteiger partial charge in [-0.25, -0.2) is 0 Å². The van der Waals surface area contributed by atoms with E-state index in [1.54, 1.807) is 0 Å². The summed E-state index contributed by atoms with van der Waals surface area (Å²) in [5, 5.41) is 41.1. The highest BCUT2D eigenvalue weighted by molar-refractivity contribution is 5.66. The lowest BCUT2D eigenvalue weighted by Gasteiger charge is -2.64. The van der Waals surface area contributed by atoms with Gasteiger partial charge in [0.05, 0.1) is 12.2 Å². The predicted octanol–water partition coefficient (Wildman–Crippen LogP) is 4.09. The van der Waals surface area contributed by atoms with Gasteiger partial charge in [0.1, 0.15) is 0 Å². The zero-order valence-electron chi connectivity index (χ0n) is 19.7. The summed E-state index contributed by atoms with van der Waals surface area (Å²) < 4.78 is 0. The highest BCUT2D eigenvalue weighted by atomic mass is 16.4. The van der Waals surface area contributed by atoms with Crippen LogP contribution in [0.25, 0.3) is 0 Å². The maximum Gasteiger partial charge on any atom is 0.303 e. The van der Waals surface area contributed by atoms with Crippen molar-refractivity contribution in [3.05, 3.63) is 0 Å². The second kappa shape index (κ2) is 8.61. The minimum Gasteiger partial charge on any atom is -0.481 e. The van der Waals surface area contributed by atoms with Crippen molar-refractivity contribution in [3.8, 4) is 0 Å². The Morgan fingerprint density at radius 2 is 1.68 bits per heavy atom. The van der Waals surface area contributed by atoms with Gasteiger partial charge in [0, 0.05) is 13.0 Å². The third kappa shape index (κ3) is 3.77. The smallest absolute Gasteiger partial charge is 0.303 e. The Balaban J connectivity index is 1.62. The van der Waals surface area contributed by atoms with Crippen molar-refractivity contribution in [1.82, 2.24) is 0 Å². The molecule has 0 aliphatic heterocycles. The first-order valence-electron chi connectivity index (χ1n) is 12.8. The molecule has 5 nitrogen and oxygen atoms in total. The van der Waals surface area contributed by atoms with E-state index in [-0.39, 0.29) is 47.7 Å². The number of fused-ring (bicyclic) bond motifs is 5. The number of carbonyl (C=O) groups is 1. The average molecular weight is 437 g/mol. The van der Waals surface area contributed by atoms with Gasteiger partial charge in [-0.05, 0) is 110 Å². The van der Waals surface area contributed by atoms with Crippen LogP contribution < -0.4 is 0 Å². The first-order chi connectivity index (χ1) is 14.6. The Kier molecular flexibility index (Phi) is 6.53. The molecule has 0 aromatic rings. The first kappa shape index (κ1) is 23.5. The van der Waals surface area contributed by atoms with E-state index in [1.807, 2.05) is 0 Å². The van der Waals surface area contributed by atoms with Crippen LogP contribution >= 0.6 is 0 Å². The van der Waals surface area contributed by atoms with Crippen molar-refractivity contribution >= 4 is 5.97 Å². The predicted molar refractivity (Wildman–Crippen MR) is 119 cm³/mol. The quantitative estimate of drug-likeness (QED) is 0.503. The van der Waals surface area contributed by atoms with Crippen LogP contribution in [0.2, 0.25) is 0 Å². The summed E-state index contributed by atoms with van der Waals surface area (Å²) in [6.45, 7) is 7.18. The molecule has 11 atom stereocenters. The molecular weight excluding hydrogens is 392 g/mol. The lowest BCUT2D eigenvalue weighted by Crippen LogP contribution is -2.62. The van der Waals surface area contributed by atoms with E-state index in [0.717, 1.165) is 44.9 Å². The Labute approximate surface area is 187 Å². The van der Waals surface area contributed by atoms with Crippen LogP contribution in [0.3, 0.4) is 0 Å². The van der Waals surface area contributed by atoms with E-state index < -0.39 is 12.1 Å². The van der Waals surface area contributed by atoms with Gasteiger partial charge in [-0.15, -0.1) is 0 Å². The summed E-state index contributed by atoms with van der Waals surface area (Å²) in [5.74, 6) is 1.80. The van der Waals surface area contributed by atoms with Crippen molar-refractivity contribution in [2.45, 2.75) is 97.2 Å². The summed E-state index contributed by atoms with van der Waals surface area (Å²) >= 11 is 0. The molecule has 2 unspecified atom stereocenters. The van der Waals surface area contributed by atoms with Crippen LogP contribution in [0, 0.1) is 52.3 Å². The maximum absolute atomic E-state index is 11.7. The van der Waals surface area contributed by atoms with Gasteiger partial charge in [0.15, 0.2) is 0 Å². The monoisotopic (exact) mass is 436 g/mol. The van der Waals surface area contributed by atoms with Gasteiger partial charge in [-0.1, -0.05) is 20.8 Å². The molecule has 0 amide bonds. The molecule has 4 N–H and O–H groups in total. The molecule has 0 heterocycles. The van der Waals surface area contributed by atoms with Gasteiger partial charge in [0.2, 0.25) is 0 Å². The Morgan fingerprint density at radius 3 is 2.35 bits per heavy atom. The normalized spacial score (nSPS) is 50.3. The Morgan fingerprint density at radius 1 is 1.00 bits per heavy atom. The lowest BCUT2D eigenvalue weighted by molar-refractivity contribution is -0.205. The van der Waals surface area contributed by atoms with Gasteiger partial charge >= 0.3 is 5.97 Å². The van der Waals surface area contributed by atoms with Crippen LogP contribution in [0.1, 0.15) is 85.0 Å². The Bertz CT molecular complexity index is 666. The molecule has 178 valence electrons. The van der Waals surface area contributed by atoms with E-state index in [2.05, 4.69) is 20.8 Å². The number of carboxylic acids is 1. The van der Waals surface area contributed by atoms with Crippen LogP contribution in [-0.2, 0) is 4.79 Å². The molecule has 4 aliphatic rings. The molecule has 4 fully saturated rings. The van der Waals surface area contributed by atoms with Gasteiger partial charge < -0.3 is 20.4 Å². The van der Waals surface area contributed by atoms with Crippen LogP contribution in [0.4, 0.5) is 0 Å². The van der Waals surface area contributed by atoms with E-state index in [0.29, 0.717) is 30.1 Å². The molecular formula is C26H44O5. The third-order valence-electron chi connectivity index (χ3n) is 11.0. The van der Waals surface area contributed by atoms with Crippen LogP contribution in [0.15, 0.2) is 0 Å². The summed E-state index contributed by atoms with van der Waals surface area (Å²) in [5.41, 5.74) is 0.304. The van der Waals surface area contributed by atoms with Crippen molar-refractivity contribution in [2.24, 2.45) is 52.3 Å². The van der Waals surface area contributed by atoms with E-state index >= 15 is 0 Å². The number of hydrogen-bond acceptors (Lipinski definition) is 4. The fourth-order valence-electron chi connectivity index (χ4n) is 9.48. The maximum atomic E-state index is 11.7. The number of carboxylic acid groups (broad SMARTS) is 1. The molecule has 0 saturated heterocycles. The molecule has 4 aliphatic carbocycles. The van der Waals surface area contributed by atoms with E-state index in [1.165, 1.54) is 6.42 Å². The number of hydrogen-bond donors (Lipinski definition) is 4. The molecule has 4 saturated carbocycles. The number of aliphatic hydroxyl groups is 3. The van der Waals surface area contributed by atoms with Crippen molar-refractivity contribution in [2.75, 3.05) is 6.61 Å². The van der Waals surface area contributed by atoms with E-state index in [9.17, 15) is 20.1 Å². The number of aliphatic hydroxyl groups excluding tert-OH is 3. The molecule has 31 heavy (non-hydrogen) atoms. The first-order valence-corrected chi connectivity index (χ1v) is 12.8. The molecule has 0 spiro atoms. The van der Waals surface area contributed by atoms with Gasteiger partial charge in [-0.2, -0.15) is 0 Å². The number of aliphatic carboxylic acids is 1. The highest BCUT2D eigenvalue weighted by Gasteiger charge is 2.64. The average Bonchev–Trinajstić information content (AvgIpc) is 3.07. The lowest BCUT2D eigenvalue weighted by atomic mass is 9.41. The highest BCUT2D eigenvalue weighted by Crippen LogP contribution is 2.69. The van der Waals surface area contributed by atoms with Crippen molar-refractivity contribution < 1.29 is 25.2 Å². The SMILES string of the molecule is C[C@H](CCC(=O)O)C1CC[C@H]2[C@@H]3[C@H](O)[C@H](CCO)C4C[C@H](O)CC[C@]4(C)[C@H]3CC[C@]12C. The molecule has 4 rings (SSSR count). The minimum atomic E-state index is -0.705. The summed E-state index contributed by atoms with van der Waals surface area (Å²) in [6, 6.07) is 0. The summed E-state index contributed by atoms with van der Waals surface area (Å²) in [4.78, 5) is 11.1. The standard InChI is InChI=1S/C26H44O5/c1-15(4-7-22(29)30)18-5-6-19-23-20(9-12-25(18,19)2)26(3)11-8-16(28)14-21(26)17(10-13-27)24(23)31/h15-21,23-24,27-28,31H,4-14H2,1-3H3,(H,29,30)/t15-,16-,17-,18?,19+,20+,21?,23+,24-,25-,26-/m1/s1. The second-order valence-corrected chi connectivity index (χ2v) is 12.1. The Hall–Kier alpha value is -0.650. The largest absolute Gasteiger partial charge is 0.481 e. The zero-order valence-corrected chi connectivity index (χ0v) is 19.7. The summed E-state index contributed by atoms with van der Waals surface area (Å²) in [6.07, 6.45) is 8.14. The minimum absolute atomic E-state index is 0.0667. The fourth-order valence-corrected chi connectivity index (χ4v) is 9.48. The van der Waals surface area contributed by atoms with Gasteiger partial charge in [-0.3, -0.25) is 4.79 Å². The number of rotatable bonds is 6. The molecule has 0 aromatic heterocycles. The van der Waals surface area contributed by atoms with Crippen molar-refractivity contribution in [1.29, 1.82) is 0 Å². The van der Waals surface area contributed by atoms with Gasteiger partial charge in [0.25, 0.3) is 0 Å². The topological polar surface area (TPSA) is 98.0 Å². The molecule has 0 aromatic carbocycles. The molecule has 5 heteroatoms. The van der Waals surface area contributed by atoms with E-state index in [4.69, 9.17) is 5.11 Å². The van der Waals surface area contributed by atoms with Crippen LogP contribution in [-0.4, -0.2) is 45.2 Å². The molecule has 0 bridgehead atoms. The second-order valence-electron chi connectivity index (χ2n) is 12.1. The molecule has 0 radical (unpaired) electrons. The van der Waals surface area contributed by atoms with Crippen LogP contribution in [0.5, 0.6) is 0 Å².